The molecule has 1 rings (SSSR count). The van der Waals surface area contributed by atoms with Crippen molar-refractivity contribution in [3.05, 3.63) is 12.7 Å². The summed E-state index contributed by atoms with van der Waals surface area (Å²) in [7, 11) is 0. The Labute approximate surface area is 97.5 Å². The molecule has 1 aliphatic carbocycles. The minimum Gasteiger partial charge on any atom is -0.465 e. The van der Waals surface area contributed by atoms with E-state index in [0.29, 0.717) is 31.8 Å². The number of rotatable bonds is 5. The van der Waals surface area contributed by atoms with Gasteiger partial charge in [0.1, 0.15) is 0 Å². The number of carbonyl (C=O) groups is 1. The third-order valence-electron chi connectivity index (χ3n) is 3.20. The van der Waals surface area contributed by atoms with Crippen LogP contribution in [0.5, 0.6) is 0 Å². The maximum atomic E-state index is 12.0. The van der Waals surface area contributed by atoms with Gasteiger partial charge >= 0.3 is 5.97 Å². The molecule has 3 heteroatoms. The van der Waals surface area contributed by atoms with Crippen molar-refractivity contribution in [2.75, 3.05) is 6.61 Å². The SMILES string of the molecule is C=CC[C@]1(C(=O)OCC(C)C)CCC[C@@H]1O. The molecule has 0 radical (unpaired) electrons. The van der Waals surface area contributed by atoms with E-state index < -0.39 is 11.5 Å². The van der Waals surface area contributed by atoms with Crippen molar-refractivity contribution < 1.29 is 14.6 Å². The molecule has 2 atom stereocenters. The van der Waals surface area contributed by atoms with Crippen molar-refractivity contribution in [3.8, 4) is 0 Å². The van der Waals surface area contributed by atoms with Crippen LogP contribution in [0.3, 0.4) is 0 Å². The summed E-state index contributed by atoms with van der Waals surface area (Å²) in [6.07, 6.45) is 3.90. The molecule has 0 heterocycles. The first-order valence-electron chi connectivity index (χ1n) is 5.99. The quantitative estimate of drug-likeness (QED) is 0.578. The van der Waals surface area contributed by atoms with E-state index >= 15 is 0 Å². The molecule has 0 unspecified atom stereocenters. The second-order valence-corrected chi connectivity index (χ2v) is 5.05. The van der Waals surface area contributed by atoms with Crippen molar-refractivity contribution in [1.82, 2.24) is 0 Å². The predicted octanol–water partition coefficient (Wildman–Crippen LogP) is 2.29. The normalized spacial score (nSPS) is 29.4. The van der Waals surface area contributed by atoms with Gasteiger partial charge in [-0.1, -0.05) is 19.9 Å². The van der Waals surface area contributed by atoms with E-state index in [9.17, 15) is 9.90 Å². The standard InChI is InChI=1S/C13H22O3/c1-4-7-13(8-5-6-11(13)14)12(15)16-9-10(2)3/h4,10-11,14H,1,5-9H2,2-3H3/t11-,13-/m0/s1. The maximum Gasteiger partial charge on any atom is 0.315 e. The van der Waals surface area contributed by atoms with Crippen molar-refractivity contribution in [1.29, 1.82) is 0 Å². The predicted molar refractivity (Wildman–Crippen MR) is 62.9 cm³/mol. The molecule has 0 aromatic rings. The van der Waals surface area contributed by atoms with Crippen LogP contribution in [-0.2, 0) is 9.53 Å². The Bertz CT molecular complexity index is 260. The highest BCUT2D eigenvalue weighted by Gasteiger charge is 2.48. The lowest BCUT2D eigenvalue weighted by Gasteiger charge is -2.29. The van der Waals surface area contributed by atoms with Gasteiger partial charge in [0.15, 0.2) is 0 Å². The summed E-state index contributed by atoms with van der Waals surface area (Å²) < 4.78 is 5.27. The highest BCUT2D eigenvalue weighted by atomic mass is 16.5. The molecule has 0 saturated heterocycles. The topological polar surface area (TPSA) is 46.5 Å². The summed E-state index contributed by atoms with van der Waals surface area (Å²) in [5.74, 6) is 0.0642. The van der Waals surface area contributed by atoms with Crippen LogP contribution in [0.15, 0.2) is 12.7 Å². The molecule has 3 nitrogen and oxygen atoms in total. The zero-order valence-electron chi connectivity index (χ0n) is 10.2. The Morgan fingerprint density at radius 3 is 2.81 bits per heavy atom. The van der Waals surface area contributed by atoms with E-state index in [2.05, 4.69) is 6.58 Å². The molecule has 0 amide bonds. The lowest BCUT2D eigenvalue weighted by molar-refractivity contribution is -0.162. The zero-order chi connectivity index (χ0) is 12.2. The fraction of sp³-hybridized carbons (Fsp3) is 0.769. The summed E-state index contributed by atoms with van der Waals surface area (Å²) in [6, 6.07) is 0. The Kier molecular flexibility index (Phi) is 4.54. The molecular formula is C13H22O3. The van der Waals surface area contributed by atoms with Crippen molar-refractivity contribution >= 4 is 5.97 Å². The Hall–Kier alpha value is -0.830. The van der Waals surface area contributed by atoms with E-state index in [4.69, 9.17) is 4.74 Å². The van der Waals surface area contributed by atoms with Gasteiger partial charge in [-0.3, -0.25) is 4.79 Å². The fourth-order valence-electron chi connectivity index (χ4n) is 2.26. The van der Waals surface area contributed by atoms with Crippen LogP contribution in [0, 0.1) is 11.3 Å². The fourth-order valence-corrected chi connectivity index (χ4v) is 2.26. The second-order valence-electron chi connectivity index (χ2n) is 5.05. The number of carbonyl (C=O) groups excluding carboxylic acids is 1. The monoisotopic (exact) mass is 226 g/mol. The van der Waals surface area contributed by atoms with E-state index in [1.54, 1.807) is 6.08 Å². The van der Waals surface area contributed by atoms with Crippen LogP contribution in [0.4, 0.5) is 0 Å². The first-order chi connectivity index (χ1) is 7.53. The third kappa shape index (κ3) is 2.64. The van der Waals surface area contributed by atoms with Gasteiger partial charge in [-0.2, -0.15) is 0 Å². The zero-order valence-corrected chi connectivity index (χ0v) is 10.2. The molecule has 1 N–H and O–H groups in total. The molecule has 0 aliphatic heterocycles. The summed E-state index contributed by atoms with van der Waals surface area (Å²) in [4.78, 5) is 12.0. The van der Waals surface area contributed by atoms with Gasteiger partial charge in [-0.15, -0.1) is 6.58 Å². The number of hydrogen-bond acceptors (Lipinski definition) is 3. The van der Waals surface area contributed by atoms with E-state index in [1.165, 1.54) is 0 Å². The van der Waals surface area contributed by atoms with Gasteiger partial charge in [-0.05, 0) is 31.6 Å². The van der Waals surface area contributed by atoms with Gasteiger partial charge in [0.05, 0.1) is 18.1 Å². The number of aliphatic hydroxyl groups excluding tert-OH is 1. The Morgan fingerprint density at radius 2 is 2.38 bits per heavy atom. The third-order valence-corrected chi connectivity index (χ3v) is 3.20. The van der Waals surface area contributed by atoms with Gasteiger partial charge in [0, 0.05) is 0 Å². The van der Waals surface area contributed by atoms with Crippen molar-refractivity contribution in [3.63, 3.8) is 0 Å². The molecule has 0 bridgehead atoms. The molecular weight excluding hydrogens is 204 g/mol. The van der Waals surface area contributed by atoms with Crippen LogP contribution in [-0.4, -0.2) is 23.8 Å². The Balaban J connectivity index is 2.69. The maximum absolute atomic E-state index is 12.0. The number of ether oxygens (including phenoxy) is 1. The summed E-state index contributed by atoms with van der Waals surface area (Å²) in [5.41, 5.74) is -0.726. The molecule has 1 aliphatic rings. The smallest absolute Gasteiger partial charge is 0.315 e. The molecule has 16 heavy (non-hydrogen) atoms. The molecule has 0 aromatic carbocycles. The average molecular weight is 226 g/mol. The van der Waals surface area contributed by atoms with Crippen LogP contribution < -0.4 is 0 Å². The van der Waals surface area contributed by atoms with Crippen molar-refractivity contribution in [2.24, 2.45) is 11.3 Å². The highest BCUT2D eigenvalue weighted by Crippen LogP contribution is 2.42. The molecule has 92 valence electrons. The summed E-state index contributed by atoms with van der Waals surface area (Å²) >= 11 is 0. The Morgan fingerprint density at radius 1 is 1.69 bits per heavy atom. The van der Waals surface area contributed by atoms with Crippen LogP contribution >= 0.6 is 0 Å². The van der Waals surface area contributed by atoms with Crippen LogP contribution in [0.1, 0.15) is 39.5 Å². The van der Waals surface area contributed by atoms with Gasteiger partial charge in [-0.25, -0.2) is 0 Å². The number of hydrogen-bond donors (Lipinski definition) is 1. The van der Waals surface area contributed by atoms with E-state index in [0.717, 1.165) is 6.42 Å². The van der Waals surface area contributed by atoms with Gasteiger partial charge in [0.2, 0.25) is 0 Å². The first-order valence-corrected chi connectivity index (χ1v) is 5.99. The van der Waals surface area contributed by atoms with E-state index in [1.807, 2.05) is 13.8 Å². The first kappa shape index (κ1) is 13.2. The molecule has 1 fully saturated rings. The summed E-state index contributed by atoms with van der Waals surface area (Å²) in [6.45, 7) is 8.08. The van der Waals surface area contributed by atoms with E-state index in [-0.39, 0.29) is 5.97 Å². The largest absolute Gasteiger partial charge is 0.465 e. The van der Waals surface area contributed by atoms with Gasteiger partial charge < -0.3 is 9.84 Å². The number of esters is 1. The van der Waals surface area contributed by atoms with Crippen LogP contribution in [0.2, 0.25) is 0 Å². The number of aliphatic hydroxyl groups is 1. The average Bonchev–Trinajstić information content (AvgIpc) is 2.58. The molecule has 0 spiro atoms. The molecule has 1 saturated carbocycles. The second kappa shape index (κ2) is 5.48. The lowest BCUT2D eigenvalue weighted by atomic mass is 9.81. The lowest BCUT2D eigenvalue weighted by Crippen LogP contribution is -2.39. The van der Waals surface area contributed by atoms with Gasteiger partial charge in [0.25, 0.3) is 0 Å². The highest BCUT2D eigenvalue weighted by molar-refractivity contribution is 5.78. The molecule has 0 aromatic heterocycles. The summed E-state index contributed by atoms with van der Waals surface area (Å²) in [5, 5.41) is 9.96. The minimum atomic E-state index is -0.726. The minimum absolute atomic E-state index is 0.258. The van der Waals surface area contributed by atoms with Crippen molar-refractivity contribution in [2.45, 2.75) is 45.6 Å². The number of allylic oxidation sites excluding steroid dienone is 1. The van der Waals surface area contributed by atoms with Crippen LogP contribution in [0.25, 0.3) is 0 Å².